The highest BCUT2D eigenvalue weighted by molar-refractivity contribution is 5.87. The number of ether oxygens (including phenoxy) is 1. The van der Waals surface area contributed by atoms with Crippen molar-refractivity contribution >= 4 is 11.9 Å². The highest BCUT2D eigenvalue weighted by Crippen LogP contribution is 2.24. The molecule has 0 radical (unpaired) electrons. The molecule has 0 fully saturated rings. The van der Waals surface area contributed by atoms with Crippen LogP contribution in [-0.2, 0) is 19.9 Å². The first-order chi connectivity index (χ1) is 8.50. The van der Waals surface area contributed by atoms with Gasteiger partial charge >= 0.3 is 11.9 Å². The summed E-state index contributed by atoms with van der Waals surface area (Å²) in [6.07, 6.45) is 0.156. The second kappa shape index (κ2) is 6.16. The molecule has 5 nitrogen and oxygen atoms in total. The summed E-state index contributed by atoms with van der Waals surface area (Å²) in [6, 6.07) is 8.41. The van der Waals surface area contributed by atoms with Crippen molar-refractivity contribution in [3.63, 3.8) is 0 Å². The van der Waals surface area contributed by atoms with Gasteiger partial charge in [-0.2, -0.15) is 0 Å². The fraction of sp³-hybridized carbons (Fsp3) is 0.385. The minimum atomic E-state index is -1.64. The predicted molar refractivity (Wildman–Crippen MR) is 65.8 cm³/mol. The van der Waals surface area contributed by atoms with Crippen LogP contribution in [0.5, 0.6) is 0 Å². The number of carboxylic acids is 1. The second-order valence-electron chi connectivity index (χ2n) is 4.04. The summed E-state index contributed by atoms with van der Waals surface area (Å²) >= 11 is 0. The van der Waals surface area contributed by atoms with Crippen LogP contribution in [0, 0.1) is 0 Å². The first-order valence-corrected chi connectivity index (χ1v) is 5.74. The van der Waals surface area contributed by atoms with Gasteiger partial charge in [-0.05, 0) is 12.0 Å². The van der Waals surface area contributed by atoms with E-state index in [2.05, 4.69) is 0 Å². The summed E-state index contributed by atoms with van der Waals surface area (Å²) in [5, 5.41) is 8.90. The molecule has 1 atom stereocenters. The Balaban J connectivity index is 3.02. The molecule has 0 aliphatic rings. The van der Waals surface area contributed by atoms with Crippen molar-refractivity contribution in [1.29, 1.82) is 0 Å². The molecule has 0 aromatic heterocycles. The van der Waals surface area contributed by atoms with E-state index >= 15 is 0 Å². The normalized spacial score (nSPS) is 13.7. The fourth-order valence-corrected chi connectivity index (χ4v) is 1.59. The Morgan fingerprint density at radius 2 is 1.94 bits per heavy atom. The summed E-state index contributed by atoms with van der Waals surface area (Å²) in [4.78, 5) is 22.8. The molecular weight excluding hydrogens is 234 g/mol. The Bertz CT molecular complexity index is 418. The van der Waals surface area contributed by atoms with Gasteiger partial charge in [0, 0.05) is 0 Å². The zero-order chi connectivity index (χ0) is 13.6. The maximum atomic E-state index is 11.9. The number of carbonyl (C=O) groups excluding carboxylic acids is 1. The van der Waals surface area contributed by atoms with Gasteiger partial charge in [-0.3, -0.25) is 4.79 Å². The number of hydrogen-bond donors (Lipinski definition) is 2. The molecule has 0 bridgehead atoms. The van der Waals surface area contributed by atoms with Crippen molar-refractivity contribution in [3.05, 3.63) is 35.9 Å². The van der Waals surface area contributed by atoms with Gasteiger partial charge in [0.15, 0.2) is 5.54 Å². The standard InChI is InChI=1S/C13H17NO4/c1-2-8-18-12(17)13(14,9-11(15)16)10-6-4-3-5-7-10/h3-7H,2,8-9,14H2,1H3,(H,15,16). The van der Waals surface area contributed by atoms with Crippen LogP contribution in [0.15, 0.2) is 30.3 Å². The summed E-state index contributed by atoms with van der Waals surface area (Å²) in [7, 11) is 0. The molecular formula is C13H17NO4. The smallest absolute Gasteiger partial charge is 0.331 e. The van der Waals surface area contributed by atoms with E-state index in [0.29, 0.717) is 12.0 Å². The quantitative estimate of drug-likeness (QED) is 0.743. The third-order valence-corrected chi connectivity index (χ3v) is 2.52. The molecule has 0 amide bonds. The molecule has 0 saturated carbocycles. The van der Waals surface area contributed by atoms with Crippen molar-refractivity contribution in [1.82, 2.24) is 0 Å². The third kappa shape index (κ3) is 3.30. The Hall–Kier alpha value is -1.88. The van der Waals surface area contributed by atoms with Gasteiger partial charge in [-0.25, -0.2) is 4.79 Å². The van der Waals surface area contributed by atoms with Gasteiger partial charge in [-0.1, -0.05) is 37.3 Å². The Morgan fingerprint density at radius 1 is 1.33 bits per heavy atom. The van der Waals surface area contributed by atoms with Gasteiger partial charge < -0.3 is 15.6 Å². The highest BCUT2D eigenvalue weighted by Gasteiger charge is 2.39. The number of nitrogens with two attached hydrogens (primary N) is 1. The zero-order valence-electron chi connectivity index (χ0n) is 10.3. The molecule has 1 rings (SSSR count). The SMILES string of the molecule is CCCOC(=O)C(N)(CC(=O)O)c1ccccc1. The maximum Gasteiger partial charge on any atom is 0.331 e. The van der Waals surface area contributed by atoms with Crippen LogP contribution in [0.1, 0.15) is 25.3 Å². The molecule has 1 aromatic rings. The topological polar surface area (TPSA) is 89.6 Å². The van der Waals surface area contributed by atoms with Gasteiger partial charge in [0.1, 0.15) is 0 Å². The van der Waals surface area contributed by atoms with Crippen LogP contribution in [-0.4, -0.2) is 23.7 Å². The van der Waals surface area contributed by atoms with E-state index < -0.39 is 23.9 Å². The van der Waals surface area contributed by atoms with Crippen LogP contribution >= 0.6 is 0 Å². The lowest BCUT2D eigenvalue weighted by Crippen LogP contribution is -2.47. The number of carboxylic acid groups (broad SMARTS) is 1. The first kappa shape index (κ1) is 14.2. The Kier molecular flexibility index (Phi) is 4.85. The number of rotatable bonds is 6. The third-order valence-electron chi connectivity index (χ3n) is 2.52. The Morgan fingerprint density at radius 3 is 2.44 bits per heavy atom. The molecule has 1 aromatic carbocycles. The van der Waals surface area contributed by atoms with Gasteiger partial charge in [-0.15, -0.1) is 0 Å². The summed E-state index contributed by atoms with van der Waals surface area (Å²) in [5.74, 6) is -1.85. The van der Waals surface area contributed by atoms with E-state index in [-0.39, 0.29) is 6.61 Å². The molecule has 98 valence electrons. The van der Waals surface area contributed by atoms with E-state index in [1.807, 2.05) is 6.92 Å². The van der Waals surface area contributed by atoms with Crippen LogP contribution in [0.4, 0.5) is 0 Å². The molecule has 0 heterocycles. The van der Waals surface area contributed by atoms with E-state index in [0.717, 1.165) is 0 Å². The van der Waals surface area contributed by atoms with E-state index in [1.54, 1.807) is 30.3 Å². The van der Waals surface area contributed by atoms with E-state index in [4.69, 9.17) is 15.6 Å². The molecule has 0 aliphatic heterocycles. The van der Waals surface area contributed by atoms with Crippen molar-refractivity contribution < 1.29 is 19.4 Å². The molecule has 0 aliphatic carbocycles. The number of benzene rings is 1. The molecule has 0 saturated heterocycles. The van der Waals surface area contributed by atoms with Crippen molar-refractivity contribution in [2.24, 2.45) is 5.73 Å². The molecule has 1 unspecified atom stereocenters. The fourth-order valence-electron chi connectivity index (χ4n) is 1.59. The second-order valence-corrected chi connectivity index (χ2v) is 4.04. The molecule has 18 heavy (non-hydrogen) atoms. The van der Waals surface area contributed by atoms with Crippen molar-refractivity contribution in [2.75, 3.05) is 6.61 Å². The van der Waals surface area contributed by atoms with Gasteiger partial charge in [0.2, 0.25) is 0 Å². The lowest BCUT2D eigenvalue weighted by Gasteiger charge is -2.26. The predicted octanol–water partition coefficient (Wildman–Crippen LogP) is 1.27. The molecule has 0 spiro atoms. The monoisotopic (exact) mass is 251 g/mol. The summed E-state index contributed by atoms with van der Waals surface area (Å²) in [5.41, 5.74) is 4.75. The largest absolute Gasteiger partial charge is 0.481 e. The zero-order valence-corrected chi connectivity index (χ0v) is 10.3. The van der Waals surface area contributed by atoms with Crippen LogP contribution in [0.2, 0.25) is 0 Å². The average molecular weight is 251 g/mol. The lowest BCUT2D eigenvalue weighted by atomic mass is 9.88. The maximum absolute atomic E-state index is 11.9. The summed E-state index contributed by atoms with van der Waals surface area (Å²) < 4.78 is 4.98. The van der Waals surface area contributed by atoms with Gasteiger partial charge in [0.25, 0.3) is 0 Å². The number of aliphatic carboxylic acids is 1. The molecule has 3 N–H and O–H groups in total. The minimum Gasteiger partial charge on any atom is -0.481 e. The van der Waals surface area contributed by atoms with Crippen LogP contribution in [0.25, 0.3) is 0 Å². The van der Waals surface area contributed by atoms with Crippen LogP contribution in [0.3, 0.4) is 0 Å². The average Bonchev–Trinajstić information content (AvgIpc) is 2.36. The van der Waals surface area contributed by atoms with Crippen molar-refractivity contribution in [3.8, 4) is 0 Å². The van der Waals surface area contributed by atoms with Gasteiger partial charge in [0.05, 0.1) is 13.0 Å². The van der Waals surface area contributed by atoms with Crippen LogP contribution < -0.4 is 5.73 Å². The highest BCUT2D eigenvalue weighted by atomic mass is 16.5. The van der Waals surface area contributed by atoms with E-state index in [9.17, 15) is 9.59 Å². The number of carbonyl (C=O) groups is 2. The lowest BCUT2D eigenvalue weighted by molar-refractivity contribution is -0.155. The molecule has 5 heteroatoms. The van der Waals surface area contributed by atoms with Crippen molar-refractivity contribution in [2.45, 2.75) is 25.3 Å². The summed E-state index contributed by atoms with van der Waals surface area (Å²) in [6.45, 7) is 2.08. The first-order valence-electron chi connectivity index (χ1n) is 5.74. The van der Waals surface area contributed by atoms with E-state index in [1.165, 1.54) is 0 Å². The minimum absolute atomic E-state index is 0.226. The number of hydrogen-bond acceptors (Lipinski definition) is 4. The Labute approximate surface area is 106 Å². The number of esters is 1.